The van der Waals surface area contributed by atoms with E-state index in [0.29, 0.717) is 0 Å². The Morgan fingerprint density at radius 3 is 2.73 bits per heavy atom. The molecule has 3 heterocycles. The number of ether oxygens (including phenoxy) is 3. The second-order valence-corrected chi connectivity index (χ2v) is 7.06. The van der Waals surface area contributed by atoms with Crippen molar-refractivity contribution in [3.8, 4) is 0 Å². The van der Waals surface area contributed by atoms with E-state index >= 15 is 0 Å². The van der Waals surface area contributed by atoms with Gasteiger partial charge in [0.2, 0.25) is 5.95 Å². The van der Waals surface area contributed by atoms with Crippen LogP contribution in [-0.2, 0) is 24.7 Å². The summed E-state index contributed by atoms with van der Waals surface area (Å²) in [4.78, 5) is 29.4. The second-order valence-electron chi connectivity index (χ2n) is 5.47. The van der Waals surface area contributed by atoms with Gasteiger partial charge in [-0.05, 0) is 0 Å². The number of hydrogen-bond acceptors (Lipinski definition) is 11. The molecule has 0 amide bonds. The lowest BCUT2D eigenvalue weighted by Crippen LogP contribution is -2.48. The summed E-state index contributed by atoms with van der Waals surface area (Å²) in [5.74, 6) is -2.22. The lowest BCUT2D eigenvalue weighted by Gasteiger charge is -2.32. The molecule has 0 unspecified atom stereocenters. The normalized spacial score (nSPS) is 26.6. The fourth-order valence-corrected chi connectivity index (χ4v) is 2.80. The van der Waals surface area contributed by atoms with Crippen LogP contribution < -0.4 is 11.5 Å². The number of fused-ring (bicyclic) bond motifs is 1. The zero-order chi connectivity index (χ0) is 19.1. The summed E-state index contributed by atoms with van der Waals surface area (Å²) in [7, 11) is -4.42. The molecule has 0 spiro atoms. The predicted octanol–water partition coefficient (Wildman–Crippen LogP) is -2.52. The molecule has 14 nitrogen and oxygen atoms in total. The summed E-state index contributed by atoms with van der Waals surface area (Å²) in [5.41, 5.74) is 11.5. The van der Waals surface area contributed by atoms with Crippen molar-refractivity contribution in [2.75, 3.05) is 31.2 Å². The van der Waals surface area contributed by atoms with Crippen LogP contribution in [0.5, 0.6) is 0 Å². The van der Waals surface area contributed by atoms with Gasteiger partial charge in [-0.3, -0.25) is 9.13 Å². The fraction of sp³-hybridized carbons (Fsp3) is 0.545. The van der Waals surface area contributed by atoms with Crippen LogP contribution in [0.2, 0.25) is 0 Å². The van der Waals surface area contributed by atoms with Gasteiger partial charge in [0, 0.05) is 0 Å². The van der Waals surface area contributed by atoms with Crippen LogP contribution in [0.1, 0.15) is 0 Å². The van der Waals surface area contributed by atoms with Crippen molar-refractivity contribution in [3.63, 3.8) is 0 Å². The third kappa shape index (κ3) is 3.36. The molecule has 2 aromatic heterocycles. The van der Waals surface area contributed by atoms with E-state index in [4.69, 9.17) is 35.5 Å². The molecule has 26 heavy (non-hydrogen) atoms. The molecule has 144 valence electrons. The number of rotatable bonds is 6. The number of aromatic nitrogens is 4. The summed E-state index contributed by atoms with van der Waals surface area (Å²) in [5, 5.41) is 20.2. The SMILES string of the molecule is Nc1nc(N)c2ncn([C@]3(OCOCP(=O)(O)O)OC[C@@H](O)[C@H]3O)c2n1. The molecule has 3 atom stereocenters. The molecule has 0 aliphatic carbocycles. The number of hydrogen-bond donors (Lipinski definition) is 6. The molecule has 0 saturated carbocycles. The van der Waals surface area contributed by atoms with Gasteiger partial charge in [-0.2, -0.15) is 9.97 Å². The molecular formula is C11H17N6O8P. The highest BCUT2D eigenvalue weighted by molar-refractivity contribution is 7.51. The van der Waals surface area contributed by atoms with Crippen molar-refractivity contribution in [2.45, 2.75) is 18.1 Å². The first-order chi connectivity index (χ1) is 12.1. The van der Waals surface area contributed by atoms with Gasteiger partial charge in [-0.15, -0.1) is 0 Å². The minimum Gasteiger partial charge on any atom is -0.388 e. The first-order valence-corrected chi connectivity index (χ1v) is 8.97. The quantitative estimate of drug-likeness (QED) is 0.170. The van der Waals surface area contributed by atoms with Crippen molar-refractivity contribution < 1.29 is 38.8 Å². The maximum absolute atomic E-state index is 10.8. The van der Waals surface area contributed by atoms with Gasteiger partial charge in [0.25, 0.3) is 5.91 Å². The van der Waals surface area contributed by atoms with Crippen LogP contribution in [0, 0.1) is 0 Å². The van der Waals surface area contributed by atoms with Gasteiger partial charge in [0.05, 0.1) is 6.61 Å². The summed E-state index contributed by atoms with van der Waals surface area (Å²) in [6.07, 6.45) is -2.64. The van der Waals surface area contributed by atoms with Gasteiger partial charge in [-0.1, -0.05) is 0 Å². The second kappa shape index (κ2) is 6.68. The molecule has 3 rings (SSSR count). The van der Waals surface area contributed by atoms with Gasteiger partial charge in [0.1, 0.15) is 12.4 Å². The third-order valence-electron chi connectivity index (χ3n) is 3.58. The smallest absolute Gasteiger partial charge is 0.351 e. The first-order valence-electron chi connectivity index (χ1n) is 7.17. The maximum atomic E-state index is 10.8. The van der Waals surface area contributed by atoms with Crippen LogP contribution in [-0.4, -0.2) is 71.5 Å². The highest BCUT2D eigenvalue weighted by Crippen LogP contribution is 2.37. The number of anilines is 2. The average Bonchev–Trinajstić information content (AvgIpc) is 3.08. The van der Waals surface area contributed by atoms with Crippen molar-refractivity contribution in [3.05, 3.63) is 6.33 Å². The average molecular weight is 392 g/mol. The fourth-order valence-electron chi connectivity index (χ4n) is 2.48. The summed E-state index contributed by atoms with van der Waals surface area (Å²) < 4.78 is 27.5. The zero-order valence-electron chi connectivity index (χ0n) is 13.2. The molecule has 0 radical (unpaired) electrons. The van der Waals surface area contributed by atoms with Gasteiger partial charge < -0.3 is 45.7 Å². The van der Waals surface area contributed by atoms with Crippen LogP contribution in [0.25, 0.3) is 11.2 Å². The largest absolute Gasteiger partial charge is 0.388 e. The molecule has 1 fully saturated rings. The Morgan fingerprint density at radius 1 is 1.38 bits per heavy atom. The highest BCUT2D eigenvalue weighted by atomic mass is 31.2. The van der Waals surface area contributed by atoms with Crippen molar-refractivity contribution in [2.24, 2.45) is 0 Å². The van der Waals surface area contributed by atoms with Crippen LogP contribution in [0.4, 0.5) is 11.8 Å². The van der Waals surface area contributed by atoms with Crippen LogP contribution in [0.15, 0.2) is 6.33 Å². The summed E-state index contributed by atoms with van der Waals surface area (Å²) in [6.45, 7) is -0.972. The molecular weight excluding hydrogens is 375 g/mol. The lowest BCUT2D eigenvalue weighted by molar-refractivity contribution is -0.328. The van der Waals surface area contributed by atoms with E-state index in [9.17, 15) is 14.8 Å². The monoisotopic (exact) mass is 392 g/mol. The van der Waals surface area contributed by atoms with Crippen molar-refractivity contribution >= 4 is 30.5 Å². The van der Waals surface area contributed by atoms with Crippen molar-refractivity contribution in [1.29, 1.82) is 0 Å². The Balaban J connectivity index is 1.96. The van der Waals surface area contributed by atoms with Gasteiger partial charge >= 0.3 is 7.60 Å². The van der Waals surface area contributed by atoms with Crippen LogP contribution in [0.3, 0.4) is 0 Å². The minimum atomic E-state index is -4.42. The number of imidazole rings is 1. The Labute approximate surface area is 145 Å². The van der Waals surface area contributed by atoms with E-state index < -0.39 is 38.9 Å². The maximum Gasteiger partial charge on any atom is 0.351 e. The number of nitrogen functional groups attached to an aromatic ring is 2. The van der Waals surface area contributed by atoms with E-state index in [0.717, 1.165) is 4.57 Å². The molecule has 1 aliphatic heterocycles. The number of nitrogens with zero attached hydrogens (tertiary/aromatic N) is 4. The standard InChI is InChI=1S/C11H17N6O8P/c12-8-6-9(16-10(13)15-8)17(2-14-6)11(7(19)5(18)1-24-11)25-3-23-4-26(20,21)22/h2,5,7,18-19H,1,3-4H2,(H2,20,21,22)(H4,12,13,15,16)/t5-,7-,11+/m1/s1. The minimum absolute atomic E-state index is 0.0211. The molecule has 0 aromatic carbocycles. The first kappa shape index (κ1) is 18.9. The van der Waals surface area contributed by atoms with E-state index in [2.05, 4.69) is 15.0 Å². The Morgan fingerprint density at radius 2 is 2.12 bits per heavy atom. The number of nitrogens with two attached hydrogens (primary N) is 2. The van der Waals surface area contributed by atoms with Gasteiger partial charge in [-0.25, -0.2) is 4.98 Å². The molecule has 2 aromatic rings. The molecule has 1 aliphatic rings. The van der Waals surface area contributed by atoms with Crippen LogP contribution >= 0.6 is 7.60 Å². The summed E-state index contributed by atoms with van der Waals surface area (Å²) >= 11 is 0. The van der Waals surface area contributed by atoms with E-state index in [-0.39, 0.29) is 29.5 Å². The van der Waals surface area contributed by atoms with Crippen molar-refractivity contribution in [1.82, 2.24) is 19.5 Å². The highest BCUT2D eigenvalue weighted by Gasteiger charge is 2.53. The lowest BCUT2D eigenvalue weighted by atomic mass is 10.2. The number of aliphatic hydroxyl groups is 2. The topological polar surface area (TPSA) is 221 Å². The Hall–Kier alpha value is -1.90. The Bertz CT molecular complexity index is 857. The van der Waals surface area contributed by atoms with Gasteiger partial charge in [0.15, 0.2) is 36.2 Å². The molecule has 8 N–H and O–H groups in total. The predicted molar refractivity (Wildman–Crippen MR) is 84.0 cm³/mol. The third-order valence-corrected chi connectivity index (χ3v) is 4.10. The zero-order valence-corrected chi connectivity index (χ0v) is 14.1. The van der Waals surface area contributed by atoms with E-state index in [1.165, 1.54) is 6.33 Å². The molecule has 0 bridgehead atoms. The summed E-state index contributed by atoms with van der Waals surface area (Å²) in [6, 6.07) is 0. The number of aliphatic hydroxyl groups excluding tert-OH is 2. The molecule has 15 heteroatoms. The van der Waals surface area contributed by atoms with E-state index in [1.807, 2.05) is 0 Å². The molecule has 1 saturated heterocycles. The Kier molecular flexibility index (Phi) is 4.85. The van der Waals surface area contributed by atoms with E-state index in [1.54, 1.807) is 0 Å².